The molecule has 0 radical (unpaired) electrons. The molecule has 0 aliphatic carbocycles. The minimum atomic E-state index is 0.0320. The van der Waals surface area contributed by atoms with E-state index in [4.69, 9.17) is 0 Å². The van der Waals surface area contributed by atoms with E-state index in [2.05, 4.69) is 10.3 Å². The second-order valence-corrected chi connectivity index (χ2v) is 3.98. The van der Waals surface area contributed by atoms with Gasteiger partial charge < -0.3 is 14.8 Å². The van der Waals surface area contributed by atoms with Crippen LogP contribution in [-0.4, -0.2) is 46.0 Å². The molecule has 15 heavy (non-hydrogen) atoms. The van der Waals surface area contributed by atoms with Crippen molar-refractivity contribution in [3.05, 3.63) is 18.2 Å². The highest BCUT2D eigenvalue weighted by atomic mass is 16.2. The van der Waals surface area contributed by atoms with Crippen molar-refractivity contribution >= 4 is 5.91 Å². The maximum absolute atomic E-state index is 12.0. The Morgan fingerprint density at radius 1 is 1.67 bits per heavy atom. The number of aromatic nitrogens is 2. The summed E-state index contributed by atoms with van der Waals surface area (Å²) < 4.78 is 1.79. The summed E-state index contributed by atoms with van der Waals surface area (Å²) in [6.45, 7) is 4.53. The fourth-order valence-electron chi connectivity index (χ4n) is 1.81. The molecule has 0 aromatic carbocycles. The summed E-state index contributed by atoms with van der Waals surface area (Å²) in [5, 5.41) is 3.26. The van der Waals surface area contributed by atoms with Gasteiger partial charge in [0.05, 0.1) is 6.33 Å². The van der Waals surface area contributed by atoms with E-state index in [1.165, 1.54) is 0 Å². The van der Waals surface area contributed by atoms with Crippen LogP contribution in [0.1, 0.15) is 17.4 Å². The minimum absolute atomic E-state index is 0.0320. The summed E-state index contributed by atoms with van der Waals surface area (Å²) in [4.78, 5) is 18.0. The van der Waals surface area contributed by atoms with Crippen molar-refractivity contribution < 1.29 is 4.79 Å². The molecule has 1 atom stereocenters. The lowest BCUT2D eigenvalue weighted by Gasteiger charge is -2.33. The van der Waals surface area contributed by atoms with Crippen molar-refractivity contribution in [3.63, 3.8) is 0 Å². The van der Waals surface area contributed by atoms with Crippen molar-refractivity contribution in [3.8, 4) is 0 Å². The zero-order valence-corrected chi connectivity index (χ0v) is 9.10. The largest absolute Gasteiger partial charge is 0.340 e. The summed E-state index contributed by atoms with van der Waals surface area (Å²) in [7, 11) is 1.87. The summed E-state index contributed by atoms with van der Waals surface area (Å²) in [5.41, 5.74) is 0.534. The number of hydrogen-bond donors (Lipinski definition) is 1. The number of amides is 1. The van der Waals surface area contributed by atoms with Crippen LogP contribution >= 0.6 is 0 Å². The average molecular weight is 208 g/mol. The van der Waals surface area contributed by atoms with Gasteiger partial charge in [-0.1, -0.05) is 0 Å². The molecule has 1 amide bonds. The Hall–Kier alpha value is -1.36. The number of nitrogens with one attached hydrogen (secondary N) is 1. The third kappa shape index (κ3) is 2.02. The highest BCUT2D eigenvalue weighted by molar-refractivity contribution is 5.92. The number of imidazole rings is 1. The van der Waals surface area contributed by atoms with Crippen LogP contribution in [0.4, 0.5) is 0 Å². The van der Waals surface area contributed by atoms with Crippen LogP contribution in [0.5, 0.6) is 0 Å². The van der Waals surface area contributed by atoms with E-state index in [1.54, 1.807) is 17.1 Å². The van der Waals surface area contributed by atoms with Gasteiger partial charge in [0, 0.05) is 38.9 Å². The third-order valence-corrected chi connectivity index (χ3v) is 2.69. The Balaban J connectivity index is 2.13. The molecule has 0 bridgehead atoms. The molecule has 1 fully saturated rings. The predicted molar refractivity (Wildman–Crippen MR) is 56.6 cm³/mol. The van der Waals surface area contributed by atoms with Gasteiger partial charge >= 0.3 is 0 Å². The monoisotopic (exact) mass is 208 g/mol. The van der Waals surface area contributed by atoms with Crippen LogP contribution in [-0.2, 0) is 7.05 Å². The lowest BCUT2D eigenvalue weighted by molar-refractivity contribution is 0.0650. The summed E-state index contributed by atoms with van der Waals surface area (Å²) in [6.07, 6.45) is 3.41. The second-order valence-electron chi connectivity index (χ2n) is 3.98. The quantitative estimate of drug-likeness (QED) is 0.698. The van der Waals surface area contributed by atoms with Gasteiger partial charge in [-0.2, -0.15) is 0 Å². The number of carbonyl (C=O) groups is 1. The van der Waals surface area contributed by atoms with Gasteiger partial charge in [0.2, 0.25) is 0 Å². The SMILES string of the molecule is C[C@H]1CNCCN1C(=O)c1cn(C)cn1. The molecule has 1 aliphatic heterocycles. The van der Waals surface area contributed by atoms with Crippen molar-refractivity contribution in [2.24, 2.45) is 7.05 Å². The first-order valence-corrected chi connectivity index (χ1v) is 5.18. The molecular weight excluding hydrogens is 192 g/mol. The number of rotatable bonds is 1. The van der Waals surface area contributed by atoms with Crippen LogP contribution in [0, 0.1) is 0 Å². The normalized spacial score (nSPS) is 21.7. The van der Waals surface area contributed by atoms with Gasteiger partial charge in [-0.05, 0) is 6.92 Å². The Kier molecular flexibility index (Phi) is 2.73. The Morgan fingerprint density at radius 2 is 2.47 bits per heavy atom. The minimum Gasteiger partial charge on any atom is -0.340 e. The summed E-state index contributed by atoms with van der Waals surface area (Å²) >= 11 is 0. The lowest BCUT2D eigenvalue weighted by atomic mass is 10.2. The van der Waals surface area contributed by atoms with Gasteiger partial charge in [-0.15, -0.1) is 0 Å². The fraction of sp³-hybridized carbons (Fsp3) is 0.600. The Morgan fingerprint density at radius 3 is 3.07 bits per heavy atom. The Bertz CT molecular complexity index is 360. The molecule has 1 aromatic heterocycles. The lowest BCUT2D eigenvalue weighted by Crippen LogP contribution is -2.52. The van der Waals surface area contributed by atoms with Crippen molar-refractivity contribution in [1.82, 2.24) is 19.8 Å². The van der Waals surface area contributed by atoms with Gasteiger partial charge in [0.15, 0.2) is 0 Å². The number of aryl methyl sites for hydroxylation is 1. The fourth-order valence-corrected chi connectivity index (χ4v) is 1.81. The molecule has 1 saturated heterocycles. The van der Waals surface area contributed by atoms with Crippen molar-refractivity contribution in [2.75, 3.05) is 19.6 Å². The summed E-state index contributed by atoms with van der Waals surface area (Å²) in [6, 6.07) is 0.244. The van der Waals surface area contributed by atoms with Crippen LogP contribution in [0.2, 0.25) is 0 Å². The highest BCUT2D eigenvalue weighted by Gasteiger charge is 2.25. The van der Waals surface area contributed by atoms with Crippen LogP contribution < -0.4 is 5.32 Å². The van der Waals surface area contributed by atoms with Crippen molar-refractivity contribution in [2.45, 2.75) is 13.0 Å². The number of hydrogen-bond acceptors (Lipinski definition) is 3. The second kappa shape index (κ2) is 4.02. The first-order valence-electron chi connectivity index (χ1n) is 5.18. The standard InChI is InChI=1S/C10H16N4O/c1-8-5-11-3-4-14(8)10(15)9-6-13(2)7-12-9/h6-8,11H,3-5H2,1-2H3/t8-/m0/s1. The van der Waals surface area contributed by atoms with E-state index in [0.717, 1.165) is 19.6 Å². The first-order chi connectivity index (χ1) is 7.18. The molecule has 5 heteroatoms. The number of piperazine rings is 1. The third-order valence-electron chi connectivity index (χ3n) is 2.69. The maximum atomic E-state index is 12.0. The molecule has 0 unspecified atom stereocenters. The van der Waals surface area contributed by atoms with E-state index in [-0.39, 0.29) is 11.9 Å². The topological polar surface area (TPSA) is 50.2 Å². The van der Waals surface area contributed by atoms with E-state index < -0.39 is 0 Å². The van der Waals surface area contributed by atoms with Crippen LogP contribution in [0.25, 0.3) is 0 Å². The number of carbonyl (C=O) groups excluding carboxylic acids is 1. The van der Waals surface area contributed by atoms with E-state index in [1.807, 2.05) is 18.9 Å². The van der Waals surface area contributed by atoms with E-state index in [0.29, 0.717) is 5.69 Å². The molecule has 0 spiro atoms. The smallest absolute Gasteiger partial charge is 0.274 e. The maximum Gasteiger partial charge on any atom is 0.274 e. The highest BCUT2D eigenvalue weighted by Crippen LogP contribution is 2.08. The molecule has 1 aliphatic rings. The molecule has 2 rings (SSSR count). The van der Waals surface area contributed by atoms with Gasteiger partial charge in [0.1, 0.15) is 5.69 Å². The molecule has 1 N–H and O–H groups in total. The molecule has 2 heterocycles. The van der Waals surface area contributed by atoms with Crippen LogP contribution in [0.15, 0.2) is 12.5 Å². The molecule has 0 saturated carbocycles. The van der Waals surface area contributed by atoms with Crippen LogP contribution in [0.3, 0.4) is 0 Å². The van der Waals surface area contributed by atoms with E-state index in [9.17, 15) is 4.79 Å². The average Bonchev–Trinajstić information content (AvgIpc) is 2.65. The van der Waals surface area contributed by atoms with Crippen molar-refractivity contribution in [1.29, 1.82) is 0 Å². The molecule has 1 aromatic rings. The van der Waals surface area contributed by atoms with Gasteiger partial charge in [0.25, 0.3) is 5.91 Å². The molecule has 5 nitrogen and oxygen atoms in total. The first kappa shape index (κ1) is 10.2. The zero-order chi connectivity index (χ0) is 10.8. The van der Waals surface area contributed by atoms with Gasteiger partial charge in [-0.3, -0.25) is 4.79 Å². The predicted octanol–water partition coefficient (Wildman–Crippen LogP) is -0.146. The molecule has 82 valence electrons. The van der Waals surface area contributed by atoms with E-state index >= 15 is 0 Å². The molecular formula is C10H16N4O. The summed E-state index contributed by atoms with van der Waals surface area (Å²) in [5.74, 6) is 0.0320. The number of nitrogens with zero attached hydrogens (tertiary/aromatic N) is 3. The van der Waals surface area contributed by atoms with Gasteiger partial charge in [-0.25, -0.2) is 4.98 Å². The Labute approximate surface area is 89.1 Å². The zero-order valence-electron chi connectivity index (χ0n) is 9.10.